The highest BCUT2D eigenvalue weighted by molar-refractivity contribution is 7.90. The lowest BCUT2D eigenvalue weighted by Crippen LogP contribution is -2.30. The SMILES string of the molecule is O=S(=O)(NCC1=CCNCC1)c1ccc(S(=O)(=O)NC2CC2)cc1. The summed E-state index contributed by atoms with van der Waals surface area (Å²) in [5.41, 5.74) is 1.05. The number of rotatable bonds is 7. The molecule has 0 atom stereocenters. The molecule has 3 rings (SSSR count). The van der Waals surface area contributed by atoms with Gasteiger partial charge in [-0.3, -0.25) is 0 Å². The summed E-state index contributed by atoms with van der Waals surface area (Å²) in [4.78, 5) is 0.136. The maximum absolute atomic E-state index is 12.3. The van der Waals surface area contributed by atoms with Gasteiger partial charge in [-0.1, -0.05) is 11.6 Å². The van der Waals surface area contributed by atoms with Crippen molar-refractivity contribution in [2.45, 2.75) is 35.1 Å². The molecule has 0 unspecified atom stereocenters. The molecule has 1 saturated carbocycles. The summed E-state index contributed by atoms with van der Waals surface area (Å²) in [6.07, 6.45) is 4.49. The van der Waals surface area contributed by atoms with Crippen LogP contribution in [0, 0.1) is 0 Å². The van der Waals surface area contributed by atoms with Crippen LogP contribution in [0.2, 0.25) is 0 Å². The Kier molecular flexibility index (Phi) is 5.07. The van der Waals surface area contributed by atoms with Gasteiger partial charge >= 0.3 is 0 Å². The molecule has 0 spiro atoms. The Morgan fingerprint density at radius 3 is 2.17 bits per heavy atom. The van der Waals surface area contributed by atoms with Gasteiger partial charge < -0.3 is 5.32 Å². The Morgan fingerprint density at radius 1 is 1.00 bits per heavy atom. The van der Waals surface area contributed by atoms with E-state index in [2.05, 4.69) is 14.8 Å². The van der Waals surface area contributed by atoms with E-state index in [-0.39, 0.29) is 22.4 Å². The molecule has 0 saturated heterocycles. The normalized spacial score (nSPS) is 19.1. The van der Waals surface area contributed by atoms with Crippen LogP contribution in [0.3, 0.4) is 0 Å². The van der Waals surface area contributed by atoms with Crippen molar-refractivity contribution in [2.24, 2.45) is 0 Å². The fraction of sp³-hybridized carbons (Fsp3) is 0.467. The number of nitrogens with one attached hydrogen (secondary N) is 3. The van der Waals surface area contributed by atoms with Crippen LogP contribution in [-0.4, -0.2) is 42.5 Å². The fourth-order valence-corrected chi connectivity index (χ4v) is 4.73. The molecule has 0 aromatic heterocycles. The van der Waals surface area contributed by atoms with Gasteiger partial charge in [-0.25, -0.2) is 26.3 Å². The van der Waals surface area contributed by atoms with Gasteiger partial charge in [0.25, 0.3) is 0 Å². The lowest BCUT2D eigenvalue weighted by molar-refractivity contribution is 0.577. The maximum atomic E-state index is 12.3. The number of hydrogen-bond acceptors (Lipinski definition) is 5. The second kappa shape index (κ2) is 6.93. The maximum Gasteiger partial charge on any atom is 0.240 e. The third-order valence-corrected chi connectivity index (χ3v) is 6.94. The quantitative estimate of drug-likeness (QED) is 0.599. The van der Waals surface area contributed by atoms with Crippen molar-refractivity contribution in [3.63, 3.8) is 0 Å². The van der Waals surface area contributed by atoms with Crippen molar-refractivity contribution in [3.8, 4) is 0 Å². The summed E-state index contributed by atoms with van der Waals surface area (Å²) in [5, 5.41) is 3.17. The molecule has 9 heteroatoms. The van der Waals surface area contributed by atoms with E-state index in [0.717, 1.165) is 37.9 Å². The zero-order chi connectivity index (χ0) is 17.2. The number of sulfonamides is 2. The van der Waals surface area contributed by atoms with Crippen molar-refractivity contribution in [1.29, 1.82) is 0 Å². The molecule has 1 aliphatic carbocycles. The monoisotopic (exact) mass is 371 g/mol. The van der Waals surface area contributed by atoms with E-state index in [4.69, 9.17) is 0 Å². The second-order valence-corrected chi connectivity index (χ2v) is 9.49. The van der Waals surface area contributed by atoms with Gasteiger partial charge in [-0.05, 0) is 50.1 Å². The molecule has 24 heavy (non-hydrogen) atoms. The van der Waals surface area contributed by atoms with E-state index in [1.807, 2.05) is 6.08 Å². The zero-order valence-electron chi connectivity index (χ0n) is 13.2. The summed E-state index contributed by atoms with van der Waals surface area (Å²) in [5.74, 6) is 0. The molecule has 0 bridgehead atoms. The first-order valence-electron chi connectivity index (χ1n) is 7.87. The summed E-state index contributed by atoms with van der Waals surface area (Å²) in [6, 6.07) is 5.30. The van der Waals surface area contributed by atoms with Gasteiger partial charge in [0.2, 0.25) is 20.0 Å². The highest BCUT2D eigenvalue weighted by Gasteiger charge is 2.28. The molecular weight excluding hydrogens is 350 g/mol. The molecule has 1 aromatic rings. The zero-order valence-corrected chi connectivity index (χ0v) is 14.8. The van der Waals surface area contributed by atoms with E-state index in [0.29, 0.717) is 0 Å². The smallest absolute Gasteiger partial charge is 0.240 e. The van der Waals surface area contributed by atoms with Crippen LogP contribution in [0.25, 0.3) is 0 Å². The molecule has 0 amide bonds. The van der Waals surface area contributed by atoms with Crippen LogP contribution in [0.4, 0.5) is 0 Å². The highest BCUT2D eigenvalue weighted by Crippen LogP contribution is 2.22. The minimum Gasteiger partial charge on any atom is -0.313 e. The predicted molar refractivity (Wildman–Crippen MR) is 90.5 cm³/mol. The minimum atomic E-state index is -3.66. The Labute approximate surface area is 142 Å². The molecule has 0 radical (unpaired) electrons. The highest BCUT2D eigenvalue weighted by atomic mass is 32.2. The largest absolute Gasteiger partial charge is 0.313 e. The van der Waals surface area contributed by atoms with E-state index in [9.17, 15) is 16.8 Å². The van der Waals surface area contributed by atoms with Gasteiger partial charge in [-0.2, -0.15) is 0 Å². The van der Waals surface area contributed by atoms with E-state index in [1.165, 1.54) is 24.3 Å². The van der Waals surface area contributed by atoms with Crippen molar-refractivity contribution in [1.82, 2.24) is 14.8 Å². The standard InChI is InChI=1S/C15H21N3O4S2/c19-23(20,17-11-12-7-9-16-10-8-12)14-3-5-15(6-4-14)24(21,22)18-13-1-2-13/h3-7,13,16-18H,1-2,8-11H2. The van der Waals surface area contributed by atoms with Crippen molar-refractivity contribution < 1.29 is 16.8 Å². The van der Waals surface area contributed by atoms with Crippen molar-refractivity contribution in [3.05, 3.63) is 35.9 Å². The van der Waals surface area contributed by atoms with Gasteiger partial charge in [-0.15, -0.1) is 0 Å². The van der Waals surface area contributed by atoms with Crippen LogP contribution in [-0.2, 0) is 20.0 Å². The van der Waals surface area contributed by atoms with Gasteiger partial charge in [0.05, 0.1) is 9.79 Å². The molecule has 2 aliphatic rings. The van der Waals surface area contributed by atoms with Crippen LogP contribution >= 0.6 is 0 Å². The Bertz CT molecular complexity index is 826. The van der Waals surface area contributed by atoms with E-state index >= 15 is 0 Å². The molecule has 3 N–H and O–H groups in total. The Hall–Kier alpha value is -1.26. The fourth-order valence-electron chi connectivity index (χ4n) is 2.39. The predicted octanol–water partition coefficient (Wildman–Crippen LogP) is 0.325. The van der Waals surface area contributed by atoms with Gasteiger partial charge in [0.15, 0.2) is 0 Å². The lowest BCUT2D eigenvalue weighted by atomic mass is 10.1. The average Bonchev–Trinajstić information content (AvgIpc) is 3.37. The van der Waals surface area contributed by atoms with Crippen LogP contribution in [0.5, 0.6) is 0 Å². The summed E-state index contributed by atoms with van der Waals surface area (Å²) < 4.78 is 53.9. The molecular formula is C15H21N3O4S2. The summed E-state index contributed by atoms with van der Waals surface area (Å²) in [6.45, 7) is 1.86. The molecule has 1 aromatic carbocycles. The summed E-state index contributed by atoms with van der Waals surface area (Å²) in [7, 11) is -7.23. The van der Waals surface area contributed by atoms with Gasteiger partial charge in [0, 0.05) is 19.1 Å². The molecule has 132 valence electrons. The first-order valence-corrected chi connectivity index (χ1v) is 10.8. The molecule has 7 nitrogen and oxygen atoms in total. The third kappa shape index (κ3) is 4.42. The third-order valence-electron chi connectivity index (χ3n) is 3.99. The van der Waals surface area contributed by atoms with Gasteiger partial charge in [0.1, 0.15) is 0 Å². The number of benzene rings is 1. The molecule has 1 heterocycles. The lowest BCUT2D eigenvalue weighted by Gasteiger charge is -2.15. The average molecular weight is 371 g/mol. The van der Waals surface area contributed by atoms with Crippen LogP contribution < -0.4 is 14.8 Å². The topological polar surface area (TPSA) is 104 Å². The van der Waals surface area contributed by atoms with E-state index < -0.39 is 20.0 Å². The molecule has 1 aliphatic heterocycles. The molecule has 1 fully saturated rings. The summed E-state index contributed by atoms with van der Waals surface area (Å²) >= 11 is 0. The van der Waals surface area contributed by atoms with Crippen molar-refractivity contribution >= 4 is 20.0 Å². The first kappa shape index (κ1) is 17.6. The first-order chi connectivity index (χ1) is 11.4. The number of hydrogen-bond donors (Lipinski definition) is 3. The van der Waals surface area contributed by atoms with Crippen LogP contribution in [0.1, 0.15) is 19.3 Å². The Morgan fingerprint density at radius 2 is 1.62 bits per heavy atom. The van der Waals surface area contributed by atoms with Crippen molar-refractivity contribution in [2.75, 3.05) is 19.6 Å². The second-order valence-electron chi connectivity index (χ2n) is 6.01. The van der Waals surface area contributed by atoms with Crippen LogP contribution in [0.15, 0.2) is 45.7 Å². The Balaban J connectivity index is 1.68. The minimum absolute atomic E-state index is 0.0123. The van der Waals surface area contributed by atoms with E-state index in [1.54, 1.807) is 0 Å².